The van der Waals surface area contributed by atoms with Gasteiger partial charge in [0.25, 0.3) is 0 Å². The maximum Gasteiger partial charge on any atom is 0.159 e. The molecule has 0 spiro atoms. The second-order valence-corrected chi connectivity index (χ2v) is 8.43. The third kappa shape index (κ3) is 14.9. The Hall–Kier alpha value is -0.740. The Balaban J connectivity index is 0.000000479. The first-order valence-electron chi connectivity index (χ1n) is 9.65. The van der Waals surface area contributed by atoms with E-state index in [1.54, 1.807) is 6.07 Å². The second-order valence-electron chi connectivity index (χ2n) is 6.17. The van der Waals surface area contributed by atoms with E-state index >= 15 is 0 Å². The molecule has 0 aliphatic heterocycles. The maximum atomic E-state index is 12.8. The Morgan fingerprint density at radius 3 is 1.77 bits per heavy atom. The van der Waals surface area contributed by atoms with E-state index in [9.17, 15) is 17.6 Å². The summed E-state index contributed by atoms with van der Waals surface area (Å²) >= 11 is 8.55. The highest BCUT2D eigenvalue weighted by Crippen LogP contribution is 2.21. The lowest BCUT2D eigenvalue weighted by Gasteiger charge is -2.10. The molecule has 0 saturated heterocycles. The van der Waals surface area contributed by atoms with Gasteiger partial charge in [-0.25, -0.2) is 17.6 Å². The van der Waals surface area contributed by atoms with Crippen LogP contribution >= 0.6 is 40.3 Å². The zero-order valence-corrected chi connectivity index (χ0v) is 21.3. The van der Waals surface area contributed by atoms with Gasteiger partial charge in [-0.3, -0.25) is 0 Å². The molecule has 0 amide bonds. The molecule has 0 heterocycles. The molecule has 0 aliphatic carbocycles. The largest absolute Gasteiger partial charge is 0.378 e. The van der Waals surface area contributed by atoms with E-state index in [2.05, 4.69) is 28.6 Å². The van der Waals surface area contributed by atoms with Gasteiger partial charge in [0.2, 0.25) is 0 Å². The highest BCUT2D eigenvalue weighted by molar-refractivity contribution is 9.09. The van der Waals surface area contributed by atoms with Gasteiger partial charge in [0, 0.05) is 34.1 Å². The number of benzene rings is 2. The second kappa shape index (κ2) is 17.8. The SMILES string of the molecule is CCOC(C)CBr.CCOC(C)CSc1ccc(F)c(F)c1.Fc1ccc(S)cc1F. The third-order valence-electron chi connectivity index (χ3n) is 3.40. The molecule has 9 heteroatoms. The fourth-order valence-corrected chi connectivity index (χ4v) is 3.18. The summed E-state index contributed by atoms with van der Waals surface area (Å²) in [6.07, 6.45) is 0.484. The topological polar surface area (TPSA) is 18.5 Å². The summed E-state index contributed by atoms with van der Waals surface area (Å²) in [6, 6.07) is 7.38. The maximum absolute atomic E-state index is 12.8. The lowest BCUT2D eigenvalue weighted by molar-refractivity contribution is 0.0931. The first-order valence-corrected chi connectivity index (χ1v) is 12.2. The van der Waals surface area contributed by atoms with Crippen molar-refractivity contribution in [3.05, 3.63) is 59.7 Å². The molecule has 31 heavy (non-hydrogen) atoms. The molecule has 2 aromatic rings. The van der Waals surface area contributed by atoms with Gasteiger partial charge in [-0.05, 0) is 64.1 Å². The van der Waals surface area contributed by atoms with Crippen molar-refractivity contribution in [2.75, 3.05) is 24.3 Å². The molecular formula is C22H29BrF4O2S2. The lowest BCUT2D eigenvalue weighted by atomic mass is 10.3. The minimum Gasteiger partial charge on any atom is -0.378 e. The molecule has 0 saturated carbocycles. The van der Waals surface area contributed by atoms with Crippen molar-refractivity contribution >= 4 is 40.3 Å². The highest BCUT2D eigenvalue weighted by atomic mass is 79.9. The average Bonchev–Trinajstić information content (AvgIpc) is 2.73. The molecule has 176 valence electrons. The van der Waals surface area contributed by atoms with E-state index in [0.717, 1.165) is 40.8 Å². The van der Waals surface area contributed by atoms with Crippen LogP contribution < -0.4 is 0 Å². The number of hydrogen-bond acceptors (Lipinski definition) is 4. The summed E-state index contributed by atoms with van der Waals surface area (Å²) < 4.78 is 60.2. The van der Waals surface area contributed by atoms with Gasteiger partial charge in [0.15, 0.2) is 23.3 Å². The Labute approximate surface area is 200 Å². The van der Waals surface area contributed by atoms with Crippen molar-refractivity contribution in [3.8, 4) is 0 Å². The number of alkyl halides is 1. The molecule has 2 rings (SSSR count). The van der Waals surface area contributed by atoms with Crippen molar-refractivity contribution in [1.29, 1.82) is 0 Å². The number of halogens is 5. The number of rotatable bonds is 8. The standard InChI is InChI=1S/C11H14F2OS.C6H4F2S.C5H11BrO/c1-3-14-8(2)7-15-9-4-5-10(12)11(13)6-9;7-5-2-1-4(9)3-6(5)8;1-3-7-5(2)4-6/h4-6,8H,3,7H2,1-2H3;1-3,9H;5H,3-4H2,1-2H3. The molecule has 0 N–H and O–H groups in total. The van der Waals surface area contributed by atoms with Crippen molar-refractivity contribution in [2.45, 2.75) is 49.7 Å². The van der Waals surface area contributed by atoms with Crippen molar-refractivity contribution < 1.29 is 27.0 Å². The number of thioether (sulfide) groups is 1. The van der Waals surface area contributed by atoms with Crippen LogP contribution in [0.15, 0.2) is 46.2 Å². The van der Waals surface area contributed by atoms with Gasteiger partial charge in [-0.2, -0.15) is 0 Å². The molecule has 0 aliphatic rings. The van der Waals surface area contributed by atoms with Crippen molar-refractivity contribution in [2.24, 2.45) is 0 Å². The van der Waals surface area contributed by atoms with Gasteiger partial charge in [0.05, 0.1) is 12.2 Å². The van der Waals surface area contributed by atoms with Crippen LogP contribution in [-0.2, 0) is 9.47 Å². The van der Waals surface area contributed by atoms with Gasteiger partial charge in [-0.1, -0.05) is 15.9 Å². The van der Waals surface area contributed by atoms with E-state index in [1.807, 2.05) is 27.7 Å². The number of hydrogen-bond donors (Lipinski definition) is 1. The van der Waals surface area contributed by atoms with E-state index in [4.69, 9.17) is 9.47 Å². The predicted octanol–water partition coefficient (Wildman–Crippen LogP) is 7.54. The van der Waals surface area contributed by atoms with Crippen molar-refractivity contribution in [1.82, 2.24) is 0 Å². The molecule has 2 nitrogen and oxygen atoms in total. The Bertz CT molecular complexity index is 753. The van der Waals surface area contributed by atoms with Gasteiger partial charge >= 0.3 is 0 Å². The Kier molecular flexibility index (Phi) is 17.3. The number of thiol groups is 1. The summed E-state index contributed by atoms with van der Waals surface area (Å²) in [5.41, 5.74) is 0. The van der Waals surface area contributed by atoms with E-state index in [0.29, 0.717) is 17.6 Å². The molecule has 0 radical (unpaired) electrons. The molecule has 0 bridgehead atoms. The lowest BCUT2D eigenvalue weighted by Crippen LogP contribution is -2.10. The van der Waals surface area contributed by atoms with E-state index in [1.165, 1.54) is 23.9 Å². The summed E-state index contributed by atoms with van der Waals surface area (Å²) in [6.45, 7) is 9.40. The van der Waals surface area contributed by atoms with Crippen LogP contribution in [0.4, 0.5) is 17.6 Å². The predicted molar refractivity (Wildman–Crippen MR) is 127 cm³/mol. The summed E-state index contributed by atoms with van der Waals surface area (Å²) in [7, 11) is 0. The first-order chi connectivity index (χ1) is 14.6. The normalized spacial score (nSPS) is 12.2. The average molecular weight is 546 g/mol. The summed E-state index contributed by atoms with van der Waals surface area (Å²) in [4.78, 5) is 1.15. The van der Waals surface area contributed by atoms with Crippen LogP contribution in [-0.4, -0.2) is 36.5 Å². The molecule has 2 atom stereocenters. The van der Waals surface area contributed by atoms with Gasteiger partial charge in [0.1, 0.15) is 0 Å². The molecule has 2 aromatic carbocycles. The van der Waals surface area contributed by atoms with Gasteiger partial charge in [-0.15, -0.1) is 24.4 Å². The minimum absolute atomic E-state index is 0.119. The van der Waals surface area contributed by atoms with Crippen LogP contribution in [0.5, 0.6) is 0 Å². The Morgan fingerprint density at radius 2 is 1.35 bits per heavy atom. The molecular weight excluding hydrogens is 516 g/mol. The summed E-state index contributed by atoms with van der Waals surface area (Å²) in [5.74, 6) is -2.57. The summed E-state index contributed by atoms with van der Waals surface area (Å²) in [5, 5.41) is 0.931. The quantitative estimate of drug-likeness (QED) is 0.160. The highest BCUT2D eigenvalue weighted by Gasteiger charge is 2.05. The zero-order valence-electron chi connectivity index (χ0n) is 18.0. The van der Waals surface area contributed by atoms with Crippen molar-refractivity contribution in [3.63, 3.8) is 0 Å². The zero-order chi connectivity index (χ0) is 23.8. The minimum atomic E-state index is -0.859. The monoisotopic (exact) mass is 544 g/mol. The van der Waals surface area contributed by atoms with Crippen LogP contribution in [0.25, 0.3) is 0 Å². The Morgan fingerprint density at radius 1 is 0.839 bits per heavy atom. The first kappa shape index (κ1) is 30.3. The molecule has 2 unspecified atom stereocenters. The van der Waals surface area contributed by atoms with Crippen LogP contribution in [0.3, 0.4) is 0 Å². The third-order valence-corrected chi connectivity index (χ3v) is 5.81. The molecule has 0 aromatic heterocycles. The fourth-order valence-electron chi connectivity index (χ4n) is 1.93. The van der Waals surface area contributed by atoms with Crippen LogP contribution in [0, 0.1) is 23.3 Å². The molecule has 0 fully saturated rings. The van der Waals surface area contributed by atoms with Crippen LogP contribution in [0.2, 0.25) is 0 Å². The fraction of sp³-hybridized carbons (Fsp3) is 0.455. The van der Waals surface area contributed by atoms with E-state index < -0.39 is 23.3 Å². The van der Waals surface area contributed by atoms with Crippen LogP contribution in [0.1, 0.15) is 27.7 Å². The number of ether oxygens (including phenoxy) is 2. The smallest absolute Gasteiger partial charge is 0.159 e. The van der Waals surface area contributed by atoms with Gasteiger partial charge < -0.3 is 9.47 Å². The van der Waals surface area contributed by atoms with E-state index in [-0.39, 0.29) is 6.10 Å².